The second-order valence-corrected chi connectivity index (χ2v) is 8.83. The summed E-state index contributed by atoms with van der Waals surface area (Å²) < 4.78 is 25.8. The molecular weight excluding hydrogens is 419 g/mol. The van der Waals surface area contributed by atoms with E-state index < -0.39 is 5.60 Å². The van der Waals surface area contributed by atoms with Crippen LogP contribution in [0.5, 0.6) is 0 Å². The Bertz CT molecular complexity index is 988. The fourth-order valence-corrected chi connectivity index (χ4v) is 4.65. The zero-order valence-corrected chi connectivity index (χ0v) is 19.0. The first-order valence-corrected chi connectivity index (χ1v) is 10.8. The molecule has 0 saturated carbocycles. The molecule has 1 saturated heterocycles. The van der Waals surface area contributed by atoms with Gasteiger partial charge in [0.1, 0.15) is 5.82 Å². The molecule has 0 aromatic heterocycles. The highest BCUT2D eigenvalue weighted by atomic mass is 32.2. The highest BCUT2D eigenvalue weighted by Crippen LogP contribution is 2.39. The summed E-state index contributed by atoms with van der Waals surface area (Å²) in [5.74, 6) is -0.548. The minimum Gasteiger partial charge on any atom is -0.411 e. The number of methoxy groups -OCH3 is 1. The predicted molar refractivity (Wildman–Crippen MR) is 118 cm³/mol. The van der Waals surface area contributed by atoms with Gasteiger partial charge in [-0.3, -0.25) is 4.79 Å². The third-order valence-electron chi connectivity index (χ3n) is 5.49. The molecule has 0 radical (unpaired) electrons. The van der Waals surface area contributed by atoms with E-state index in [0.717, 1.165) is 10.5 Å². The van der Waals surface area contributed by atoms with Crippen LogP contribution < -0.4 is 0 Å². The van der Waals surface area contributed by atoms with Crippen LogP contribution in [0.3, 0.4) is 0 Å². The van der Waals surface area contributed by atoms with Crippen LogP contribution in [0.15, 0.2) is 51.3 Å². The molecule has 1 aliphatic heterocycles. The third-order valence-corrected chi connectivity index (χ3v) is 6.45. The summed E-state index contributed by atoms with van der Waals surface area (Å²) >= 11 is 1.36. The van der Waals surface area contributed by atoms with Gasteiger partial charge in [-0.2, -0.15) is 0 Å². The quantitative estimate of drug-likeness (QED) is 0.401. The van der Waals surface area contributed by atoms with Crippen LogP contribution in [-0.4, -0.2) is 56.1 Å². The number of benzene rings is 2. The number of rotatable bonds is 6. The molecule has 0 atom stereocenters. The lowest BCUT2D eigenvalue weighted by molar-refractivity contribution is -0.0950. The van der Waals surface area contributed by atoms with Crippen molar-refractivity contribution < 1.29 is 23.9 Å². The van der Waals surface area contributed by atoms with E-state index in [1.807, 2.05) is 12.1 Å². The van der Waals surface area contributed by atoms with E-state index in [0.29, 0.717) is 47.8 Å². The standard InChI is InChI=1S/C23H27FN2O4S/c1-15(25-28)20-6-5-18(14-21(20)22(27)26(2)3)31-19-12-16(11-17(24)13-19)23(29-4)7-9-30-10-8-23/h5-6,11-14,28H,7-10H2,1-4H3/b25-15+. The van der Waals surface area contributed by atoms with Gasteiger partial charge >= 0.3 is 0 Å². The van der Waals surface area contributed by atoms with Crippen LogP contribution in [-0.2, 0) is 15.1 Å². The molecule has 1 aliphatic rings. The molecule has 0 unspecified atom stereocenters. The van der Waals surface area contributed by atoms with E-state index in [-0.39, 0.29) is 11.7 Å². The lowest BCUT2D eigenvalue weighted by Gasteiger charge is -2.36. The average Bonchev–Trinajstić information content (AvgIpc) is 2.78. The van der Waals surface area contributed by atoms with Crippen LogP contribution >= 0.6 is 11.8 Å². The summed E-state index contributed by atoms with van der Waals surface area (Å²) in [6, 6.07) is 10.2. The Kier molecular flexibility index (Phi) is 7.35. The van der Waals surface area contributed by atoms with Crippen molar-refractivity contribution in [3.63, 3.8) is 0 Å². The highest BCUT2D eigenvalue weighted by molar-refractivity contribution is 7.99. The molecule has 0 spiro atoms. The first-order valence-electron chi connectivity index (χ1n) is 9.96. The number of oxime groups is 1. The number of amides is 1. The Balaban J connectivity index is 1.98. The highest BCUT2D eigenvalue weighted by Gasteiger charge is 2.35. The van der Waals surface area contributed by atoms with Gasteiger partial charge in [0.15, 0.2) is 0 Å². The molecule has 1 amide bonds. The second kappa shape index (κ2) is 9.80. The molecule has 1 N–H and O–H groups in total. The zero-order chi connectivity index (χ0) is 22.6. The van der Waals surface area contributed by atoms with E-state index in [1.54, 1.807) is 40.3 Å². The number of halogens is 1. The fraction of sp³-hybridized carbons (Fsp3) is 0.391. The average molecular weight is 447 g/mol. The van der Waals surface area contributed by atoms with Gasteiger partial charge < -0.3 is 19.6 Å². The van der Waals surface area contributed by atoms with E-state index in [9.17, 15) is 9.18 Å². The van der Waals surface area contributed by atoms with E-state index >= 15 is 0 Å². The van der Waals surface area contributed by atoms with Gasteiger partial charge in [0.25, 0.3) is 5.91 Å². The third kappa shape index (κ3) is 5.08. The minimum absolute atomic E-state index is 0.207. The number of nitrogens with zero attached hydrogens (tertiary/aromatic N) is 2. The van der Waals surface area contributed by atoms with Crippen molar-refractivity contribution in [3.05, 3.63) is 58.9 Å². The number of ether oxygens (including phenoxy) is 2. The Morgan fingerprint density at radius 2 is 1.87 bits per heavy atom. The number of carbonyl (C=O) groups is 1. The van der Waals surface area contributed by atoms with Crippen LogP contribution in [0.25, 0.3) is 0 Å². The molecule has 0 aliphatic carbocycles. The molecule has 3 rings (SSSR count). The van der Waals surface area contributed by atoms with Crippen molar-refractivity contribution in [2.24, 2.45) is 5.16 Å². The van der Waals surface area contributed by atoms with Gasteiger partial charge in [0.05, 0.1) is 11.3 Å². The summed E-state index contributed by atoms with van der Waals surface area (Å²) in [5, 5.41) is 12.4. The Morgan fingerprint density at radius 3 is 2.48 bits per heavy atom. The van der Waals surface area contributed by atoms with Gasteiger partial charge in [0.2, 0.25) is 0 Å². The van der Waals surface area contributed by atoms with E-state index in [4.69, 9.17) is 14.7 Å². The van der Waals surface area contributed by atoms with Crippen molar-refractivity contribution >= 4 is 23.4 Å². The van der Waals surface area contributed by atoms with Gasteiger partial charge in [-0.15, -0.1) is 0 Å². The van der Waals surface area contributed by atoms with E-state index in [2.05, 4.69) is 5.16 Å². The van der Waals surface area contributed by atoms with Crippen LogP contribution in [0.4, 0.5) is 4.39 Å². The zero-order valence-electron chi connectivity index (χ0n) is 18.1. The molecule has 1 fully saturated rings. The largest absolute Gasteiger partial charge is 0.411 e. The van der Waals surface area contributed by atoms with Gasteiger partial charge in [-0.1, -0.05) is 23.0 Å². The van der Waals surface area contributed by atoms with Gasteiger partial charge in [-0.05, 0) is 42.8 Å². The maximum atomic E-state index is 14.5. The van der Waals surface area contributed by atoms with Crippen LogP contribution in [0.2, 0.25) is 0 Å². The van der Waals surface area contributed by atoms with Crippen molar-refractivity contribution in [1.29, 1.82) is 0 Å². The molecule has 2 aromatic carbocycles. The fourth-order valence-electron chi connectivity index (χ4n) is 3.71. The van der Waals surface area contributed by atoms with Crippen molar-refractivity contribution in [1.82, 2.24) is 4.90 Å². The maximum Gasteiger partial charge on any atom is 0.254 e. The molecular formula is C23H27FN2O4S. The number of hydrogen-bond donors (Lipinski definition) is 1. The monoisotopic (exact) mass is 446 g/mol. The first-order chi connectivity index (χ1) is 14.8. The normalized spacial score (nSPS) is 16.2. The van der Waals surface area contributed by atoms with Crippen LogP contribution in [0.1, 0.15) is 41.3 Å². The SMILES string of the molecule is COC1(c2cc(F)cc(Sc3ccc(/C(C)=N/O)c(C(=O)N(C)C)c3)c2)CCOCC1. The molecule has 0 bridgehead atoms. The molecule has 31 heavy (non-hydrogen) atoms. The van der Waals surface area contributed by atoms with Gasteiger partial charge in [-0.25, -0.2) is 4.39 Å². The van der Waals surface area contributed by atoms with E-state index in [1.165, 1.54) is 28.8 Å². The van der Waals surface area contributed by atoms with Crippen molar-refractivity contribution in [3.8, 4) is 0 Å². The Hall–Kier alpha value is -2.42. The van der Waals surface area contributed by atoms with Crippen LogP contribution in [0, 0.1) is 5.82 Å². The summed E-state index contributed by atoms with van der Waals surface area (Å²) in [6.07, 6.45) is 1.32. The second-order valence-electron chi connectivity index (χ2n) is 7.68. The maximum absolute atomic E-state index is 14.5. The molecule has 166 valence electrons. The summed E-state index contributed by atoms with van der Waals surface area (Å²) in [4.78, 5) is 15.6. The summed E-state index contributed by atoms with van der Waals surface area (Å²) in [6.45, 7) is 2.76. The van der Waals surface area contributed by atoms with Crippen molar-refractivity contribution in [2.75, 3.05) is 34.4 Å². The molecule has 1 heterocycles. The lowest BCUT2D eigenvalue weighted by Crippen LogP contribution is -2.35. The smallest absolute Gasteiger partial charge is 0.254 e. The number of carbonyl (C=O) groups excluding carboxylic acids is 1. The first kappa shape index (κ1) is 23.2. The Morgan fingerprint density at radius 1 is 1.16 bits per heavy atom. The lowest BCUT2D eigenvalue weighted by atomic mass is 9.86. The molecule has 8 heteroatoms. The Labute approximate surface area is 186 Å². The van der Waals surface area contributed by atoms with Gasteiger partial charge in [0, 0.05) is 68.2 Å². The number of hydrogen-bond acceptors (Lipinski definition) is 6. The predicted octanol–water partition coefficient (Wildman–Crippen LogP) is 4.53. The summed E-state index contributed by atoms with van der Waals surface area (Å²) in [5.41, 5.74) is 1.52. The van der Waals surface area contributed by atoms with Crippen molar-refractivity contribution in [2.45, 2.75) is 35.2 Å². The molecule has 6 nitrogen and oxygen atoms in total. The summed E-state index contributed by atoms with van der Waals surface area (Å²) in [7, 11) is 4.97. The minimum atomic E-state index is -0.569. The molecule has 2 aromatic rings. The topological polar surface area (TPSA) is 71.4 Å².